The van der Waals surface area contributed by atoms with Crippen molar-refractivity contribution in [1.29, 1.82) is 0 Å². The number of hydrazine groups is 1. The number of rotatable bonds is 3. The summed E-state index contributed by atoms with van der Waals surface area (Å²) in [5.41, 5.74) is 0. The lowest BCUT2D eigenvalue weighted by Gasteiger charge is -2.07. The summed E-state index contributed by atoms with van der Waals surface area (Å²) in [6.07, 6.45) is -0.696. The quantitative estimate of drug-likeness (QED) is 0.342. The van der Waals surface area contributed by atoms with Gasteiger partial charge in [0.05, 0.1) is 14.2 Å². The molecule has 0 fully saturated rings. The van der Waals surface area contributed by atoms with Crippen LogP contribution in [0.15, 0.2) is 0 Å². The summed E-state index contributed by atoms with van der Waals surface area (Å²) in [6.45, 7) is -0.181. The van der Waals surface area contributed by atoms with E-state index in [4.69, 9.17) is 0 Å². The highest BCUT2D eigenvalue weighted by Crippen LogP contribution is 1.78. The first-order valence-corrected chi connectivity index (χ1v) is 2.75. The van der Waals surface area contributed by atoms with E-state index in [-0.39, 0.29) is 6.67 Å². The second-order valence-corrected chi connectivity index (χ2v) is 1.72. The van der Waals surface area contributed by atoms with Gasteiger partial charge in [0.2, 0.25) is 0 Å². The molecule has 0 aliphatic heterocycles. The highest BCUT2D eigenvalue weighted by atomic mass is 16.7. The van der Waals surface area contributed by atoms with Crippen LogP contribution in [0.2, 0.25) is 0 Å². The van der Waals surface area contributed by atoms with Gasteiger partial charge in [-0.15, -0.1) is 5.01 Å². The highest BCUT2D eigenvalue weighted by molar-refractivity contribution is 5.66. The van der Waals surface area contributed by atoms with Crippen molar-refractivity contribution in [3.8, 4) is 0 Å². The first kappa shape index (κ1) is 9.47. The summed E-state index contributed by atoms with van der Waals surface area (Å²) in [5.74, 6) is 0. The maximum atomic E-state index is 10.4. The van der Waals surface area contributed by atoms with Crippen molar-refractivity contribution in [3.63, 3.8) is 0 Å². The lowest BCUT2D eigenvalue weighted by molar-refractivity contribution is -0.649. The monoisotopic (exact) mass is 163 g/mol. The molecule has 0 aromatic carbocycles. The number of nitrogens with zero attached hydrogens (tertiary/aromatic N) is 2. The zero-order valence-corrected chi connectivity index (χ0v) is 6.23. The van der Waals surface area contributed by atoms with Crippen molar-refractivity contribution in [2.24, 2.45) is 0 Å². The van der Waals surface area contributed by atoms with Crippen LogP contribution in [0, 0.1) is 10.1 Å². The van der Waals surface area contributed by atoms with E-state index in [1.807, 2.05) is 0 Å². The molecule has 1 amide bonds. The Kier molecular flexibility index (Phi) is 3.71. The third kappa shape index (κ3) is 3.95. The molecule has 0 aromatic heterocycles. The van der Waals surface area contributed by atoms with E-state index in [0.717, 1.165) is 5.01 Å². The van der Waals surface area contributed by atoms with Crippen molar-refractivity contribution in [2.75, 3.05) is 20.8 Å². The zero-order valence-electron chi connectivity index (χ0n) is 6.23. The molecule has 0 heterocycles. The minimum absolute atomic E-state index is 0.181. The number of carbonyl (C=O) groups is 1. The van der Waals surface area contributed by atoms with Gasteiger partial charge in [0.1, 0.15) is 0 Å². The van der Waals surface area contributed by atoms with Gasteiger partial charge in [0.25, 0.3) is 0 Å². The molecular weight excluding hydrogens is 154 g/mol. The summed E-state index contributed by atoms with van der Waals surface area (Å²) in [5, 5.41) is 12.2. The molecule has 11 heavy (non-hydrogen) atoms. The van der Waals surface area contributed by atoms with Crippen LogP contribution in [0.3, 0.4) is 0 Å². The molecule has 0 rings (SSSR count). The lowest BCUT2D eigenvalue weighted by Crippen LogP contribution is -2.38. The summed E-state index contributed by atoms with van der Waals surface area (Å²) in [4.78, 5) is 20.3. The van der Waals surface area contributed by atoms with Crippen LogP contribution in [-0.4, -0.2) is 37.0 Å². The fourth-order valence-corrected chi connectivity index (χ4v) is 0.309. The molecule has 1 N–H and O–H groups in total. The van der Waals surface area contributed by atoms with Crippen molar-refractivity contribution < 1.29 is 14.6 Å². The normalized spacial score (nSPS) is 8.55. The average molecular weight is 163 g/mol. The van der Waals surface area contributed by atoms with Gasteiger partial charge in [-0.25, -0.2) is 14.9 Å². The number of amides is 1. The van der Waals surface area contributed by atoms with Crippen LogP contribution in [-0.2, 0) is 4.74 Å². The molecule has 0 aliphatic rings. The molecule has 0 unspecified atom stereocenters. The van der Waals surface area contributed by atoms with E-state index >= 15 is 0 Å². The van der Waals surface area contributed by atoms with Crippen LogP contribution >= 0.6 is 0 Å². The van der Waals surface area contributed by atoms with Gasteiger partial charge in [-0.2, -0.15) is 0 Å². The number of nitrogens with one attached hydrogen (secondary N) is 1. The number of hydrogen-bond acceptors (Lipinski definition) is 4. The average Bonchev–Trinajstić information content (AvgIpc) is 1.99. The van der Waals surface area contributed by atoms with E-state index in [1.165, 1.54) is 14.2 Å². The largest absolute Gasteiger partial charge is 0.453 e. The number of ether oxygens (including phenoxy) is 1. The van der Waals surface area contributed by atoms with Crippen LogP contribution in [0.4, 0.5) is 4.79 Å². The van der Waals surface area contributed by atoms with E-state index in [1.54, 1.807) is 0 Å². The molecule has 0 spiro atoms. The van der Waals surface area contributed by atoms with Crippen molar-refractivity contribution in [2.45, 2.75) is 0 Å². The minimum Gasteiger partial charge on any atom is -0.453 e. The third-order valence-electron chi connectivity index (χ3n) is 0.916. The standard InChI is InChI=1S/C4H9N3O4/c1-6(7(9)10)3-5-4(8)11-2/h3H2,1-2H3,(H,5,8). The maximum Gasteiger partial charge on any atom is 0.408 e. The van der Waals surface area contributed by atoms with Crippen LogP contribution < -0.4 is 5.32 Å². The van der Waals surface area contributed by atoms with Crippen LogP contribution in [0.25, 0.3) is 0 Å². The highest BCUT2D eigenvalue weighted by Gasteiger charge is 2.07. The molecule has 64 valence electrons. The Morgan fingerprint density at radius 3 is 2.73 bits per heavy atom. The molecule has 7 nitrogen and oxygen atoms in total. The third-order valence-corrected chi connectivity index (χ3v) is 0.916. The second-order valence-electron chi connectivity index (χ2n) is 1.72. The van der Waals surface area contributed by atoms with E-state index in [0.29, 0.717) is 0 Å². The van der Waals surface area contributed by atoms with Crippen LogP contribution in [0.5, 0.6) is 0 Å². The van der Waals surface area contributed by atoms with Crippen molar-refractivity contribution in [1.82, 2.24) is 10.3 Å². The van der Waals surface area contributed by atoms with Gasteiger partial charge in [-0.05, 0) is 0 Å². The molecular formula is C4H9N3O4. The van der Waals surface area contributed by atoms with E-state index in [2.05, 4.69) is 10.1 Å². The SMILES string of the molecule is COC(=O)NCN(C)[N+](=O)[O-]. The second kappa shape index (κ2) is 4.31. The molecule has 0 aliphatic carbocycles. The number of alkyl carbamates (subject to hydrolysis) is 1. The Morgan fingerprint density at radius 2 is 2.36 bits per heavy atom. The Labute approximate surface area is 63.0 Å². The smallest absolute Gasteiger partial charge is 0.408 e. The lowest BCUT2D eigenvalue weighted by atomic mass is 10.9. The predicted molar refractivity (Wildman–Crippen MR) is 35.2 cm³/mol. The molecule has 0 aromatic rings. The van der Waals surface area contributed by atoms with Crippen molar-refractivity contribution in [3.05, 3.63) is 10.1 Å². The predicted octanol–water partition coefficient (Wildman–Crippen LogP) is -0.577. The molecule has 0 radical (unpaired) electrons. The van der Waals surface area contributed by atoms with Gasteiger partial charge >= 0.3 is 6.09 Å². The molecule has 0 atom stereocenters. The minimum atomic E-state index is -0.696. The Morgan fingerprint density at radius 1 is 1.82 bits per heavy atom. The van der Waals surface area contributed by atoms with Gasteiger partial charge in [-0.1, -0.05) is 0 Å². The zero-order chi connectivity index (χ0) is 8.85. The van der Waals surface area contributed by atoms with Gasteiger partial charge in [0, 0.05) is 0 Å². The Balaban J connectivity index is 3.54. The summed E-state index contributed by atoms with van der Waals surface area (Å²) >= 11 is 0. The van der Waals surface area contributed by atoms with E-state index in [9.17, 15) is 14.9 Å². The van der Waals surface area contributed by atoms with Crippen LogP contribution in [0.1, 0.15) is 0 Å². The van der Waals surface area contributed by atoms with Gasteiger partial charge in [-0.3, -0.25) is 5.32 Å². The maximum absolute atomic E-state index is 10.4. The van der Waals surface area contributed by atoms with E-state index < -0.39 is 11.1 Å². The summed E-state index contributed by atoms with van der Waals surface area (Å²) < 4.78 is 4.18. The summed E-state index contributed by atoms with van der Waals surface area (Å²) in [6, 6.07) is 0. The first-order chi connectivity index (χ1) is 5.07. The van der Waals surface area contributed by atoms with Crippen molar-refractivity contribution >= 4 is 6.09 Å². The molecule has 0 saturated carbocycles. The van der Waals surface area contributed by atoms with Gasteiger partial charge < -0.3 is 4.74 Å². The fourth-order valence-electron chi connectivity index (χ4n) is 0.309. The number of hydrogen-bond donors (Lipinski definition) is 1. The number of carbonyl (C=O) groups excluding carboxylic acids is 1. The summed E-state index contributed by atoms with van der Waals surface area (Å²) in [7, 11) is 2.41. The number of methoxy groups -OCH3 is 1. The Bertz CT molecular complexity index is 159. The fraction of sp³-hybridized carbons (Fsp3) is 0.750. The molecule has 0 bridgehead atoms. The Hall–Kier alpha value is -1.53. The first-order valence-electron chi connectivity index (χ1n) is 2.75. The number of nitro groups is 1. The van der Waals surface area contributed by atoms with Gasteiger partial charge in [0.15, 0.2) is 11.7 Å². The molecule has 7 heteroatoms. The molecule has 0 saturated heterocycles. The topological polar surface area (TPSA) is 84.7 Å².